The summed E-state index contributed by atoms with van der Waals surface area (Å²) in [7, 11) is 0. The first-order chi connectivity index (χ1) is 9.97. The van der Waals surface area contributed by atoms with Crippen molar-refractivity contribution in [3.63, 3.8) is 0 Å². The second-order valence-electron chi connectivity index (χ2n) is 5.28. The molecule has 2 aromatic carbocycles. The average molecular weight is 287 g/mol. The number of carbonyl (C=O) groups excluding carboxylic acids is 1. The molecule has 0 saturated carbocycles. The molecule has 21 heavy (non-hydrogen) atoms. The zero-order valence-electron chi connectivity index (χ0n) is 11.9. The van der Waals surface area contributed by atoms with Gasteiger partial charge in [-0.2, -0.15) is 0 Å². The van der Waals surface area contributed by atoms with Crippen LogP contribution in [0, 0.1) is 5.82 Å². The monoisotopic (exact) mass is 287 g/mol. The summed E-state index contributed by atoms with van der Waals surface area (Å²) in [5.41, 5.74) is 6.58. The van der Waals surface area contributed by atoms with Crippen molar-refractivity contribution in [2.75, 3.05) is 0 Å². The van der Waals surface area contributed by atoms with Crippen LogP contribution in [-0.4, -0.2) is 11.5 Å². The lowest BCUT2D eigenvalue weighted by atomic mass is 9.94. The molecule has 110 valence electrons. The van der Waals surface area contributed by atoms with Crippen molar-refractivity contribution >= 4 is 5.97 Å². The summed E-state index contributed by atoms with van der Waals surface area (Å²) in [6, 6.07) is 15.3. The van der Waals surface area contributed by atoms with Crippen LogP contribution in [0.25, 0.3) is 0 Å². The second-order valence-corrected chi connectivity index (χ2v) is 5.28. The van der Waals surface area contributed by atoms with Crippen LogP contribution in [0.5, 0.6) is 0 Å². The first-order valence-electron chi connectivity index (χ1n) is 6.72. The molecule has 0 saturated heterocycles. The zero-order chi connectivity index (χ0) is 15.3. The molecule has 0 heterocycles. The number of nitrogens with two attached hydrogens (primary N) is 1. The van der Waals surface area contributed by atoms with E-state index in [1.807, 2.05) is 30.3 Å². The largest absolute Gasteiger partial charge is 0.459 e. The van der Waals surface area contributed by atoms with Crippen LogP contribution in [0.1, 0.15) is 18.1 Å². The lowest BCUT2D eigenvalue weighted by Gasteiger charge is -2.22. The highest BCUT2D eigenvalue weighted by molar-refractivity contribution is 5.80. The number of halogens is 1. The third kappa shape index (κ3) is 4.39. The minimum atomic E-state index is -1.15. The maximum Gasteiger partial charge on any atom is 0.326 e. The summed E-state index contributed by atoms with van der Waals surface area (Å²) >= 11 is 0. The number of hydrogen-bond donors (Lipinski definition) is 1. The molecule has 0 aliphatic carbocycles. The molecular formula is C17H18FNO2. The molecule has 3 nitrogen and oxygen atoms in total. The van der Waals surface area contributed by atoms with E-state index in [0.29, 0.717) is 6.42 Å². The summed E-state index contributed by atoms with van der Waals surface area (Å²) in [6.45, 7) is 1.81. The van der Waals surface area contributed by atoms with Crippen LogP contribution in [0.15, 0.2) is 54.6 Å². The maximum absolute atomic E-state index is 12.9. The van der Waals surface area contributed by atoms with Gasteiger partial charge in [-0.05, 0) is 30.2 Å². The third-order valence-corrected chi connectivity index (χ3v) is 3.16. The number of esters is 1. The Morgan fingerprint density at radius 2 is 1.71 bits per heavy atom. The Hall–Kier alpha value is -2.20. The molecule has 0 fully saturated rings. The molecule has 0 aromatic heterocycles. The summed E-state index contributed by atoms with van der Waals surface area (Å²) in [5, 5.41) is 0. The van der Waals surface area contributed by atoms with E-state index in [1.54, 1.807) is 19.1 Å². The normalized spacial score (nSPS) is 13.5. The average Bonchev–Trinajstić information content (AvgIpc) is 2.48. The third-order valence-electron chi connectivity index (χ3n) is 3.16. The molecule has 0 aliphatic rings. The highest BCUT2D eigenvalue weighted by atomic mass is 19.1. The van der Waals surface area contributed by atoms with Gasteiger partial charge in [-0.25, -0.2) is 4.39 Å². The molecule has 0 amide bonds. The van der Waals surface area contributed by atoms with E-state index in [9.17, 15) is 9.18 Å². The van der Waals surface area contributed by atoms with Crippen LogP contribution in [0.4, 0.5) is 4.39 Å². The van der Waals surface area contributed by atoms with Gasteiger partial charge >= 0.3 is 5.97 Å². The van der Waals surface area contributed by atoms with Gasteiger partial charge in [0.25, 0.3) is 0 Å². The highest BCUT2D eigenvalue weighted by Gasteiger charge is 2.30. The number of hydrogen-bond acceptors (Lipinski definition) is 3. The van der Waals surface area contributed by atoms with E-state index in [4.69, 9.17) is 10.5 Å². The standard InChI is InChI=1S/C17H18FNO2/c1-17(19,11-13-7-9-15(18)10-8-13)16(20)21-12-14-5-3-2-4-6-14/h2-10H,11-12,19H2,1H3/t17-/m1/s1. The Morgan fingerprint density at radius 3 is 2.33 bits per heavy atom. The second kappa shape index (κ2) is 6.50. The van der Waals surface area contributed by atoms with Crippen LogP contribution < -0.4 is 5.73 Å². The fourth-order valence-electron chi connectivity index (χ4n) is 1.99. The molecule has 0 bridgehead atoms. The quantitative estimate of drug-likeness (QED) is 0.860. The van der Waals surface area contributed by atoms with E-state index in [2.05, 4.69) is 0 Å². The van der Waals surface area contributed by atoms with Crippen molar-refractivity contribution in [1.29, 1.82) is 0 Å². The van der Waals surface area contributed by atoms with Crippen molar-refractivity contribution in [3.8, 4) is 0 Å². The predicted octanol–water partition coefficient (Wildman–Crippen LogP) is 2.83. The van der Waals surface area contributed by atoms with Gasteiger partial charge in [0.15, 0.2) is 0 Å². The van der Waals surface area contributed by atoms with Gasteiger partial charge in [-0.3, -0.25) is 4.79 Å². The Morgan fingerprint density at radius 1 is 1.10 bits per heavy atom. The molecular weight excluding hydrogens is 269 g/mol. The van der Waals surface area contributed by atoms with Gasteiger partial charge in [-0.15, -0.1) is 0 Å². The van der Waals surface area contributed by atoms with Gasteiger partial charge < -0.3 is 10.5 Å². The van der Waals surface area contributed by atoms with Crippen molar-refractivity contribution in [3.05, 3.63) is 71.5 Å². The van der Waals surface area contributed by atoms with E-state index < -0.39 is 11.5 Å². The molecule has 0 aliphatic heterocycles. The Balaban J connectivity index is 1.95. The van der Waals surface area contributed by atoms with Gasteiger partial charge in [0.2, 0.25) is 0 Å². The van der Waals surface area contributed by atoms with Crippen molar-refractivity contribution in [2.45, 2.75) is 25.5 Å². The molecule has 1 atom stereocenters. The van der Waals surface area contributed by atoms with E-state index in [1.165, 1.54) is 12.1 Å². The summed E-state index contributed by atoms with van der Waals surface area (Å²) in [5.74, 6) is -0.792. The minimum absolute atomic E-state index is 0.190. The Labute approximate surface area is 123 Å². The molecule has 0 spiro atoms. The molecule has 0 radical (unpaired) electrons. The first-order valence-corrected chi connectivity index (χ1v) is 6.72. The van der Waals surface area contributed by atoms with Crippen molar-refractivity contribution in [2.24, 2.45) is 5.73 Å². The highest BCUT2D eigenvalue weighted by Crippen LogP contribution is 2.14. The predicted molar refractivity (Wildman–Crippen MR) is 78.9 cm³/mol. The van der Waals surface area contributed by atoms with Crippen molar-refractivity contribution in [1.82, 2.24) is 0 Å². The molecule has 0 unspecified atom stereocenters. The Kier molecular flexibility index (Phi) is 4.70. The van der Waals surface area contributed by atoms with Crippen LogP contribution in [-0.2, 0) is 22.6 Å². The molecule has 2 aromatic rings. The number of benzene rings is 2. The van der Waals surface area contributed by atoms with Gasteiger partial charge in [0.05, 0.1) is 0 Å². The van der Waals surface area contributed by atoms with E-state index in [0.717, 1.165) is 11.1 Å². The zero-order valence-corrected chi connectivity index (χ0v) is 11.9. The number of ether oxygens (including phenoxy) is 1. The smallest absolute Gasteiger partial charge is 0.326 e. The first kappa shape index (κ1) is 15.2. The summed E-state index contributed by atoms with van der Waals surface area (Å²) in [4.78, 5) is 12.1. The number of rotatable bonds is 5. The van der Waals surface area contributed by atoms with Gasteiger partial charge in [0, 0.05) is 6.42 Å². The lowest BCUT2D eigenvalue weighted by molar-refractivity contribution is -0.150. The lowest BCUT2D eigenvalue weighted by Crippen LogP contribution is -2.48. The number of carbonyl (C=O) groups is 1. The fourth-order valence-corrected chi connectivity index (χ4v) is 1.99. The summed E-state index contributed by atoms with van der Waals surface area (Å²) < 4.78 is 18.1. The summed E-state index contributed by atoms with van der Waals surface area (Å²) in [6.07, 6.45) is 0.293. The fraction of sp³-hybridized carbons (Fsp3) is 0.235. The SMILES string of the molecule is C[C@@](N)(Cc1ccc(F)cc1)C(=O)OCc1ccccc1. The minimum Gasteiger partial charge on any atom is -0.459 e. The molecule has 2 N–H and O–H groups in total. The Bertz CT molecular complexity index is 594. The van der Waals surface area contributed by atoms with E-state index in [-0.39, 0.29) is 12.4 Å². The van der Waals surface area contributed by atoms with E-state index >= 15 is 0 Å². The maximum atomic E-state index is 12.9. The van der Waals surface area contributed by atoms with Gasteiger partial charge in [0.1, 0.15) is 18.0 Å². The van der Waals surface area contributed by atoms with Crippen LogP contribution >= 0.6 is 0 Å². The molecule has 2 rings (SSSR count). The van der Waals surface area contributed by atoms with Crippen LogP contribution in [0.2, 0.25) is 0 Å². The van der Waals surface area contributed by atoms with Crippen molar-refractivity contribution < 1.29 is 13.9 Å². The topological polar surface area (TPSA) is 52.3 Å². The van der Waals surface area contributed by atoms with Gasteiger partial charge in [-0.1, -0.05) is 42.5 Å². The molecule has 4 heteroatoms. The van der Waals surface area contributed by atoms with Crippen LogP contribution in [0.3, 0.4) is 0 Å².